The molecule has 0 saturated carbocycles. The molecule has 5 heteroatoms. The number of anilines is 1. The number of amides is 2. The Morgan fingerprint density at radius 2 is 1.86 bits per heavy atom. The van der Waals surface area contributed by atoms with Gasteiger partial charge in [-0.25, -0.2) is 4.79 Å². The van der Waals surface area contributed by atoms with Gasteiger partial charge in [0.1, 0.15) is 0 Å². The lowest BCUT2D eigenvalue weighted by molar-refractivity contribution is 0.212. The fourth-order valence-electron chi connectivity index (χ4n) is 1.92. The highest BCUT2D eigenvalue weighted by atomic mass is 35.5. The average Bonchev–Trinajstić information content (AvgIpc) is 2.49. The van der Waals surface area contributed by atoms with Crippen LogP contribution in [-0.2, 0) is 6.54 Å². The molecule has 0 spiro atoms. The van der Waals surface area contributed by atoms with Gasteiger partial charge in [-0.3, -0.25) is 0 Å². The number of benzene rings is 2. The minimum Gasteiger partial charge on any atom is -0.320 e. The monoisotopic (exact) mass is 322 g/mol. The molecule has 2 aromatic rings. The van der Waals surface area contributed by atoms with Crippen LogP contribution in [0.1, 0.15) is 12.5 Å². The van der Waals surface area contributed by atoms with Gasteiger partial charge in [0.15, 0.2) is 0 Å². The number of urea groups is 1. The van der Waals surface area contributed by atoms with Crippen molar-refractivity contribution in [1.82, 2.24) is 4.90 Å². The number of halogens is 2. The van der Waals surface area contributed by atoms with E-state index in [0.717, 1.165) is 5.56 Å². The Labute approximate surface area is 134 Å². The summed E-state index contributed by atoms with van der Waals surface area (Å²) in [6, 6.07) is 14.6. The molecule has 21 heavy (non-hydrogen) atoms. The number of nitrogens with zero attached hydrogens (tertiary/aromatic N) is 1. The standard InChI is InChI=1S/C16H16Cl2N2O/c1-2-20(11-12-6-4-3-5-7-12)16(21)19-15-10-13(17)8-9-14(15)18/h3-10H,2,11H2,1H3,(H,19,21). The van der Waals surface area contributed by atoms with E-state index >= 15 is 0 Å². The van der Waals surface area contributed by atoms with Crippen LogP contribution in [0.5, 0.6) is 0 Å². The summed E-state index contributed by atoms with van der Waals surface area (Å²) in [7, 11) is 0. The molecule has 1 N–H and O–H groups in total. The SMILES string of the molecule is CCN(Cc1ccccc1)C(=O)Nc1cc(Cl)ccc1Cl. The third kappa shape index (κ3) is 4.38. The molecule has 0 saturated heterocycles. The third-order valence-electron chi connectivity index (χ3n) is 3.06. The highest BCUT2D eigenvalue weighted by Crippen LogP contribution is 2.25. The molecule has 0 aliphatic carbocycles. The average molecular weight is 323 g/mol. The molecule has 2 aromatic carbocycles. The van der Waals surface area contributed by atoms with E-state index in [1.165, 1.54) is 0 Å². The summed E-state index contributed by atoms with van der Waals surface area (Å²) in [5.41, 5.74) is 1.59. The molecule has 0 radical (unpaired) electrons. The minimum absolute atomic E-state index is 0.203. The molecule has 0 aliphatic rings. The van der Waals surface area contributed by atoms with Crippen molar-refractivity contribution < 1.29 is 4.79 Å². The van der Waals surface area contributed by atoms with E-state index in [9.17, 15) is 4.79 Å². The van der Waals surface area contributed by atoms with Crippen LogP contribution < -0.4 is 5.32 Å². The summed E-state index contributed by atoms with van der Waals surface area (Å²) in [5.74, 6) is 0. The zero-order chi connectivity index (χ0) is 15.2. The molecule has 0 aliphatic heterocycles. The van der Waals surface area contributed by atoms with Gasteiger partial charge >= 0.3 is 6.03 Å². The van der Waals surface area contributed by atoms with E-state index in [4.69, 9.17) is 23.2 Å². The van der Waals surface area contributed by atoms with Crippen molar-refractivity contribution in [3.63, 3.8) is 0 Å². The van der Waals surface area contributed by atoms with Gasteiger partial charge in [-0.2, -0.15) is 0 Å². The smallest absolute Gasteiger partial charge is 0.320 e. The second kappa shape index (κ2) is 7.34. The Hall–Kier alpha value is -1.71. The molecule has 2 rings (SSSR count). The number of carbonyl (C=O) groups is 1. The molecule has 110 valence electrons. The van der Waals surface area contributed by atoms with Gasteiger partial charge in [0.25, 0.3) is 0 Å². The first-order valence-corrected chi connectivity index (χ1v) is 7.40. The minimum atomic E-state index is -0.203. The highest BCUT2D eigenvalue weighted by molar-refractivity contribution is 6.35. The number of nitrogens with one attached hydrogen (secondary N) is 1. The maximum absolute atomic E-state index is 12.3. The van der Waals surface area contributed by atoms with Gasteiger partial charge in [-0.15, -0.1) is 0 Å². The van der Waals surface area contributed by atoms with Gasteiger partial charge in [-0.05, 0) is 30.7 Å². The normalized spacial score (nSPS) is 10.2. The lowest BCUT2D eigenvalue weighted by Crippen LogP contribution is -2.34. The van der Waals surface area contributed by atoms with E-state index in [0.29, 0.717) is 28.8 Å². The molecule has 0 aromatic heterocycles. The third-order valence-corrected chi connectivity index (χ3v) is 3.62. The van der Waals surface area contributed by atoms with Crippen molar-refractivity contribution in [1.29, 1.82) is 0 Å². The highest BCUT2D eigenvalue weighted by Gasteiger charge is 2.13. The van der Waals surface area contributed by atoms with Crippen LogP contribution in [0.4, 0.5) is 10.5 Å². The molecule has 2 amide bonds. The summed E-state index contributed by atoms with van der Waals surface area (Å²) >= 11 is 12.0. The second-order valence-electron chi connectivity index (χ2n) is 4.55. The van der Waals surface area contributed by atoms with Gasteiger partial charge in [0.05, 0.1) is 10.7 Å². The van der Waals surface area contributed by atoms with Crippen LogP contribution in [0, 0.1) is 0 Å². The van der Waals surface area contributed by atoms with E-state index in [2.05, 4.69) is 5.32 Å². The zero-order valence-corrected chi connectivity index (χ0v) is 13.2. The summed E-state index contributed by atoms with van der Waals surface area (Å²) in [4.78, 5) is 14.0. The van der Waals surface area contributed by atoms with Crippen molar-refractivity contribution in [2.75, 3.05) is 11.9 Å². The Kier molecular flexibility index (Phi) is 5.48. The Morgan fingerprint density at radius 3 is 2.52 bits per heavy atom. The molecular formula is C16H16Cl2N2O. The first kappa shape index (κ1) is 15.7. The molecule has 0 heterocycles. The predicted molar refractivity (Wildman–Crippen MR) is 88.0 cm³/mol. The molecule has 0 fully saturated rings. The van der Waals surface area contributed by atoms with Crippen LogP contribution in [0.2, 0.25) is 10.0 Å². The zero-order valence-electron chi connectivity index (χ0n) is 11.6. The van der Waals surface area contributed by atoms with Gasteiger partial charge in [-0.1, -0.05) is 53.5 Å². The molecule has 0 bridgehead atoms. The fourth-order valence-corrected chi connectivity index (χ4v) is 2.26. The molecule has 0 unspecified atom stereocenters. The van der Waals surface area contributed by atoms with Crippen molar-refractivity contribution in [2.24, 2.45) is 0 Å². The first-order chi connectivity index (χ1) is 10.1. The summed E-state index contributed by atoms with van der Waals surface area (Å²) < 4.78 is 0. The van der Waals surface area contributed by atoms with Gasteiger partial charge < -0.3 is 10.2 Å². The Balaban J connectivity index is 2.08. The van der Waals surface area contributed by atoms with Crippen molar-refractivity contribution in [3.05, 3.63) is 64.1 Å². The van der Waals surface area contributed by atoms with Crippen molar-refractivity contribution >= 4 is 34.9 Å². The second-order valence-corrected chi connectivity index (χ2v) is 5.40. The van der Waals surface area contributed by atoms with Gasteiger partial charge in [0.2, 0.25) is 0 Å². The lowest BCUT2D eigenvalue weighted by Gasteiger charge is -2.22. The van der Waals surface area contributed by atoms with Crippen LogP contribution in [-0.4, -0.2) is 17.5 Å². The van der Waals surface area contributed by atoms with Crippen molar-refractivity contribution in [3.8, 4) is 0 Å². The Morgan fingerprint density at radius 1 is 1.14 bits per heavy atom. The van der Waals surface area contributed by atoms with E-state index < -0.39 is 0 Å². The fraction of sp³-hybridized carbons (Fsp3) is 0.188. The maximum atomic E-state index is 12.3. The van der Waals surface area contributed by atoms with E-state index in [1.54, 1.807) is 23.1 Å². The number of carbonyl (C=O) groups excluding carboxylic acids is 1. The Bertz CT molecular complexity index is 617. The number of rotatable bonds is 4. The van der Waals surface area contributed by atoms with Crippen LogP contribution >= 0.6 is 23.2 Å². The number of hydrogen-bond donors (Lipinski definition) is 1. The van der Waals surface area contributed by atoms with Crippen LogP contribution in [0.25, 0.3) is 0 Å². The molecule has 0 atom stereocenters. The first-order valence-electron chi connectivity index (χ1n) is 6.65. The van der Waals surface area contributed by atoms with E-state index in [-0.39, 0.29) is 6.03 Å². The summed E-state index contributed by atoms with van der Waals surface area (Å²) in [5, 5.41) is 3.78. The van der Waals surface area contributed by atoms with Crippen molar-refractivity contribution in [2.45, 2.75) is 13.5 Å². The quantitative estimate of drug-likeness (QED) is 0.839. The van der Waals surface area contributed by atoms with Crippen LogP contribution in [0.3, 0.4) is 0 Å². The summed E-state index contributed by atoms with van der Waals surface area (Å²) in [6.07, 6.45) is 0. The van der Waals surface area contributed by atoms with E-state index in [1.807, 2.05) is 37.3 Å². The number of hydrogen-bond acceptors (Lipinski definition) is 1. The summed E-state index contributed by atoms with van der Waals surface area (Å²) in [6.45, 7) is 3.07. The molecular weight excluding hydrogens is 307 g/mol. The largest absolute Gasteiger partial charge is 0.322 e. The predicted octanol–water partition coefficient (Wildman–Crippen LogP) is 5.05. The molecule has 3 nitrogen and oxygen atoms in total. The van der Waals surface area contributed by atoms with Gasteiger partial charge in [0, 0.05) is 18.1 Å². The topological polar surface area (TPSA) is 32.3 Å². The lowest BCUT2D eigenvalue weighted by atomic mass is 10.2. The van der Waals surface area contributed by atoms with Crippen LogP contribution in [0.15, 0.2) is 48.5 Å². The maximum Gasteiger partial charge on any atom is 0.322 e.